The number of aliphatic hydroxyl groups excluding tert-OH is 1. The van der Waals surface area contributed by atoms with Crippen LogP contribution in [0.25, 0.3) is 11.3 Å². The fraction of sp³-hybridized carbons (Fsp3) is 0.267. The molecule has 21 heavy (non-hydrogen) atoms. The van der Waals surface area contributed by atoms with Crippen molar-refractivity contribution >= 4 is 11.6 Å². The molecule has 0 bridgehead atoms. The van der Waals surface area contributed by atoms with E-state index in [1.807, 2.05) is 10.6 Å². The lowest BCUT2D eigenvalue weighted by Crippen LogP contribution is -2.16. The van der Waals surface area contributed by atoms with E-state index in [-0.39, 0.29) is 16.3 Å². The Kier molecular flexibility index (Phi) is 3.39. The molecular formula is C15H11ClN4O. The molecule has 0 aromatic carbocycles. The van der Waals surface area contributed by atoms with Crippen molar-refractivity contribution in [1.82, 2.24) is 9.55 Å². The van der Waals surface area contributed by atoms with E-state index in [0.29, 0.717) is 29.9 Å². The molecule has 6 heteroatoms. The smallest absolute Gasteiger partial charge is 0.138 e. The zero-order valence-corrected chi connectivity index (χ0v) is 11.8. The van der Waals surface area contributed by atoms with Gasteiger partial charge in [-0.15, -0.1) is 0 Å². The minimum absolute atomic E-state index is 0.236. The SMILES string of the molecule is N#Cc1c(C#N)c2n(c1-c1cccnc1Cl)CCCC2O. The van der Waals surface area contributed by atoms with Crippen LogP contribution in [0.2, 0.25) is 5.15 Å². The van der Waals surface area contributed by atoms with Gasteiger partial charge >= 0.3 is 0 Å². The summed E-state index contributed by atoms with van der Waals surface area (Å²) < 4.78 is 1.83. The van der Waals surface area contributed by atoms with Crippen molar-refractivity contribution in [3.05, 3.63) is 40.3 Å². The third-order valence-corrected chi connectivity index (χ3v) is 4.02. The number of hydrogen-bond donors (Lipinski definition) is 1. The van der Waals surface area contributed by atoms with Gasteiger partial charge in [0.05, 0.1) is 28.6 Å². The molecule has 0 fully saturated rings. The molecule has 2 aromatic heterocycles. The average Bonchev–Trinajstić information content (AvgIpc) is 2.82. The number of nitrogens with zero attached hydrogens (tertiary/aromatic N) is 4. The lowest BCUT2D eigenvalue weighted by atomic mass is 10.0. The number of fused-ring (bicyclic) bond motifs is 1. The Bertz CT molecular complexity index is 797. The predicted molar refractivity (Wildman–Crippen MR) is 76.3 cm³/mol. The third kappa shape index (κ3) is 1.99. The van der Waals surface area contributed by atoms with Crippen molar-refractivity contribution in [3.63, 3.8) is 0 Å². The Morgan fingerprint density at radius 3 is 2.76 bits per heavy atom. The number of rotatable bonds is 1. The highest BCUT2D eigenvalue weighted by Gasteiger charge is 2.31. The Morgan fingerprint density at radius 1 is 1.33 bits per heavy atom. The fourth-order valence-corrected chi connectivity index (χ4v) is 3.07. The lowest BCUT2D eigenvalue weighted by Gasteiger charge is -2.22. The van der Waals surface area contributed by atoms with Crippen molar-refractivity contribution < 1.29 is 5.11 Å². The first-order valence-electron chi connectivity index (χ1n) is 6.54. The van der Waals surface area contributed by atoms with Crippen LogP contribution in [-0.2, 0) is 6.54 Å². The van der Waals surface area contributed by atoms with Crippen LogP contribution in [-0.4, -0.2) is 14.7 Å². The van der Waals surface area contributed by atoms with E-state index in [2.05, 4.69) is 11.1 Å². The van der Waals surface area contributed by atoms with Crippen LogP contribution in [0, 0.1) is 22.7 Å². The van der Waals surface area contributed by atoms with Crippen LogP contribution in [0.3, 0.4) is 0 Å². The van der Waals surface area contributed by atoms with Gasteiger partial charge in [0.15, 0.2) is 0 Å². The molecule has 104 valence electrons. The van der Waals surface area contributed by atoms with Crippen molar-refractivity contribution in [3.8, 4) is 23.4 Å². The first-order chi connectivity index (χ1) is 10.2. The van der Waals surface area contributed by atoms with E-state index in [1.165, 1.54) is 0 Å². The van der Waals surface area contributed by atoms with E-state index in [4.69, 9.17) is 11.6 Å². The first-order valence-corrected chi connectivity index (χ1v) is 6.92. The van der Waals surface area contributed by atoms with Crippen LogP contribution >= 0.6 is 11.6 Å². The van der Waals surface area contributed by atoms with Crippen LogP contribution in [0.15, 0.2) is 18.3 Å². The van der Waals surface area contributed by atoms with Gasteiger partial charge in [0.25, 0.3) is 0 Å². The largest absolute Gasteiger partial charge is 0.387 e. The summed E-state index contributed by atoms with van der Waals surface area (Å²) in [5, 5.41) is 29.3. The number of hydrogen-bond acceptors (Lipinski definition) is 4. The quantitative estimate of drug-likeness (QED) is 0.820. The van der Waals surface area contributed by atoms with Gasteiger partial charge < -0.3 is 9.67 Å². The van der Waals surface area contributed by atoms with E-state index in [1.54, 1.807) is 18.3 Å². The molecule has 0 aliphatic carbocycles. The van der Waals surface area contributed by atoms with Gasteiger partial charge in [0.1, 0.15) is 17.3 Å². The molecule has 1 N–H and O–H groups in total. The van der Waals surface area contributed by atoms with Gasteiger partial charge in [-0.1, -0.05) is 11.6 Å². The summed E-state index contributed by atoms with van der Waals surface area (Å²) in [5.41, 5.74) is 2.17. The Morgan fingerprint density at radius 2 is 2.10 bits per heavy atom. The van der Waals surface area contributed by atoms with Crippen LogP contribution < -0.4 is 0 Å². The summed E-state index contributed by atoms with van der Waals surface area (Å²) in [6.45, 7) is 0.642. The Balaban J connectivity index is 2.39. The van der Waals surface area contributed by atoms with Gasteiger partial charge in [-0.25, -0.2) is 4.98 Å². The molecule has 1 atom stereocenters. The predicted octanol–water partition coefficient (Wildman–Crippen LogP) is 2.77. The summed E-state index contributed by atoms with van der Waals surface area (Å²) in [7, 11) is 0. The van der Waals surface area contributed by atoms with Gasteiger partial charge in [-0.3, -0.25) is 0 Å². The molecule has 0 amide bonds. The van der Waals surface area contributed by atoms with E-state index in [9.17, 15) is 15.6 Å². The van der Waals surface area contributed by atoms with Gasteiger partial charge in [-0.2, -0.15) is 10.5 Å². The molecule has 1 aliphatic rings. The van der Waals surface area contributed by atoms with Gasteiger partial charge in [0, 0.05) is 18.3 Å². The van der Waals surface area contributed by atoms with E-state index in [0.717, 1.165) is 6.42 Å². The standard InChI is InChI=1S/C15H11ClN4O/c16-15-9(3-1-5-19-15)13-10(7-17)11(8-18)14-12(21)4-2-6-20(13)14/h1,3,5,12,21H,2,4,6H2. The molecule has 5 nitrogen and oxygen atoms in total. The van der Waals surface area contributed by atoms with Crippen molar-refractivity contribution in [2.75, 3.05) is 0 Å². The maximum Gasteiger partial charge on any atom is 0.138 e. The highest BCUT2D eigenvalue weighted by molar-refractivity contribution is 6.32. The second-order valence-corrected chi connectivity index (χ2v) is 5.22. The number of nitriles is 2. The number of aliphatic hydroxyl groups is 1. The van der Waals surface area contributed by atoms with E-state index < -0.39 is 6.10 Å². The highest BCUT2D eigenvalue weighted by Crippen LogP contribution is 2.40. The van der Waals surface area contributed by atoms with Gasteiger partial charge in [0.2, 0.25) is 0 Å². The topological polar surface area (TPSA) is 85.6 Å². The third-order valence-electron chi connectivity index (χ3n) is 3.72. The zero-order valence-electron chi connectivity index (χ0n) is 11.0. The highest BCUT2D eigenvalue weighted by atomic mass is 35.5. The summed E-state index contributed by atoms with van der Waals surface area (Å²) in [6.07, 6.45) is 2.20. The fourth-order valence-electron chi connectivity index (χ4n) is 2.86. The molecule has 1 unspecified atom stereocenters. The summed E-state index contributed by atoms with van der Waals surface area (Å²) in [5.74, 6) is 0. The molecular weight excluding hydrogens is 288 g/mol. The van der Waals surface area contributed by atoms with Crippen molar-refractivity contribution in [1.29, 1.82) is 10.5 Å². The molecule has 3 heterocycles. The summed E-state index contributed by atoms with van der Waals surface area (Å²) in [6, 6.07) is 7.62. The number of pyridine rings is 1. The van der Waals surface area contributed by atoms with Crippen molar-refractivity contribution in [2.45, 2.75) is 25.5 Å². The minimum Gasteiger partial charge on any atom is -0.387 e. The molecule has 2 aromatic rings. The molecule has 0 radical (unpaired) electrons. The van der Waals surface area contributed by atoms with E-state index >= 15 is 0 Å². The molecule has 0 spiro atoms. The molecule has 0 saturated carbocycles. The van der Waals surface area contributed by atoms with Gasteiger partial charge in [-0.05, 0) is 25.0 Å². The minimum atomic E-state index is -0.732. The van der Waals surface area contributed by atoms with Crippen LogP contribution in [0.4, 0.5) is 0 Å². The monoisotopic (exact) mass is 298 g/mol. The van der Waals surface area contributed by atoms with Crippen molar-refractivity contribution in [2.24, 2.45) is 0 Å². The average molecular weight is 299 g/mol. The second kappa shape index (κ2) is 5.21. The first kappa shape index (κ1) is 13.6. The zero-order chi connectivity index (χ0) is 15.0. The molecule has 3 rings (SSSR count). The van der Waals surface area contributed by atoms with Crippen LogP contribution in [0.5, 0.6) is 0 Å². The number of halogens is 1. The Labute approximate surface area is 126 Å². The number of aromatic nitrogens is 2. The second-order valence-electron chi connectivity index (χ2n) is 4.86. The maximum atomic E-state index is 10.2. The van der Waals surface area contributed by atoms with Crippen LogP contribution in [0.1, 0.15) is 35.8 Å². The maximum absolute atomic E-state index is 10.2. The summed E-state index contributed by atoms with van der Waals surface area (Å²) >= 11 is 6.14. The molecule has 0 saturated heterocycles. The molecule has 1 aliphatic heterocycles. The summed E-state index contributed by atoms with van der Waals surface area (Å²) in [4.78, 5) is 4.03. The Hall–Kier alpha value is -2.34. The normalized spacial score (nSPS) is 16.9. The lowest BCUT2D eigenvalue weighted by molar-refractivity contribution is 0.139.